The van der Waals surface area contributed by atoms with Gasteiger partial charge in [-0.15, -0.1) is 0 Å². The van der Waals surface area contributed by atoms with E-state index in [9.17, 15) is 0 Å². The normalized spacial score (nSPS) is 10.9. The highest BCUT2D eigenvalue weighted by atomic mass is 79.9. The van der Waals surface area contributed by atoms with Crippen molar-refractivity contribution < 1.29 is 9.84 Å². The van der Waals surface area contributed by atoms with Gasteiger partial charge in [-0.3, -0.25) is 0 Å². The van der Waals surface area contributed by atoms with Crippen LogP contribution in [-0.2, 0) is 4.74 Å². The number of pyridine rings is 1. The molecule has 1 aromatic heterocycles. The zero-order valence-corrected chi connectivity index (χ0v) is 12.5. The van der Waals surface area contributed by atoms with Crippen LogP contribution in [0.1, 0.15) is 0 Å². The fourth-order valence-corrected chi connectivity index (χ4v) is 2.32. The Labute approximate surface area is 124 Å². The van der Waals surface area contributed by atoms with Gasteiger partial charge in [0.2, 0.25) is 0 Å². The Morgan fingerprint density at radius 3 is 2.95 bits per heavy atom. The third kappa shape index (κ3) is 4.04. The fourth-order valence-electron chi connectivity index (χ4n) is 1.74. The van der Waals surface area contributed by atoms with Crippen LogP contribution < -0.4 is 5.32 Å². The summed E-state index contributed by atoms with van der Waals surface area (Å²) in [7, 11) is 0. The number of hydrogen-bond donors (Lipinski definition) is 2. The number of nitrogens with zero attached hydrogens (tertiary/aromatic N) is 1. The lowest BCUT2D eigenvalue weighted by Gasteiger charge is -2.10. The van der Waals surface area contributed by atoms with E-state index in [0.29, 0.717) is 24.9 Å². The first-order valence-corrected chi connectivity index (χ1v) is 7.06. The van der Waals surface area contributed by atoms with Crippen molar-refractivity contribution >= 4 is 44.1 Å². The maximum absolute atomic E-state index is 8.61. The Morgan fingerprint density at radius 2 is 2.16 bits per heavy atom. The van der Waals surface area contributed by atoms with Crippen molar-refractivity contribution in [3.8, 4) is 0 Å². The minimum absolute atomic E-state index is 0.0341. The molecule has 1 aromatic carbocycles. The Balaban J connectivity index is 2.13. The van der Waals surface area contributed by atoms with Crippen molar-refractivity contribution in [2.24, 2.45) is 0 Å². The van der Waals surface area contributed by atoms with Crippen LogP contribution in [0.4, 0.5) is 5.82 Å². The summed E-state index contributed by atoms with van der Waals surface area (Å²) in [4.78, 5) is 4.28. The summed E-state index contributed by atoms with van der Waals surface area (Å²) in [6.07, 6.45) is 0. The highest BCUT2D eigenvalue weighted by Crippen LogP contribution is 2.27. The van der Waals surface area contributed by atoms with E-state index in [4.69, 9.17) is 21.4 Å². The SMILES string of the molecule is OCCOCCNc1nc(Cl)cc2cc(Br)ccc12. The number of aliphatic hydroxyl groups excluding tert-OH is 1. The average molecular weight is 346 g/mol. The molecule has 0 fully saturated rings. The molecule has 102 valence electrons. The molecule has 0 amide bonds. The molecule has 2 rings (SSSR count). The number of ether oxygens (including phenoxy) is 1. The van der Waals surface area contributed by atoms with Crippen molar-refractivity contribution in [1.82, 2.24) is 4.98 Å². The second-order valence-corrected chi connectivity index (χ2v) is 5.22. The number of nitrogens with one attached hydrogen (secondary N) is 1. The zero-order valence-electron chi connectivity index (χ0n) is 10.2. The molecule has 0 saturated heterocycles. The molecule has 0 spiro atoms. The van der Waals surface area contributed by atoms with Crippen LogP contribution >= 0.6 is 27.5 Å². The standard InChI is InChI=1S/C13H14BrClN2O2/c14-10-1-2-11-9(7-10)8-12(15)17-13(11)16-3-5-19-6-4-18/h1-2,7-8,18H,3-6H2,(H,16,17). The van der Waals surface area contributed by atoms with E-state index in [1.54, 1.807) is 0 Å². The minimum atomic E-state index is 0.0341. The van der Waals surface area contributed by atoms with E-state index in [2.05, 4.69) is 26.2 Å². The highest BCUT2D eigenvalue weighted by molar-refractivity contribution is 9.10. The fraction of sp³-hybridized carbons (Fsp3) is 0.308. The Hall–Kier alpha value is -0.880. The number of aliphatic hydroxyl groups is 1. The maximum atomic E-state index is 8.61. The molecule has 0 unspecified atom stereocenters. The second kappa shape index (κ2) is 7.05. The summed E-state index contributed by atoms with van der Waals surface area (Å²) in [5, 5.41) is 14.3. The number of anilines is 1. The number of halogens is 2. The second-order valence-electron chi connectivity index (χ2n) is 3.92. The molecule has 0 radical (unpaired) electrons. The molecule has 2 aromatic rings. The molecule has 0 aliphatic rings. The summed E-state index contributed by atoms with van der Waals surface area (Å²) in [5.74, 6) is 0.739. The molecule has 19 heavy (non-hydrogen) atoms. The molecule has 2 N–H and O–H groups in total. The highest BCUT2D eigenvalue weighted by Gasteiger charge is 2.05. The smallest absolute Gasteiger partial charge is 0.135 e. The number of fused-ring (bicyclic) bond motifs is 1. The summed E-state index contributed by atoms with van der Waals surface area (Å²) >= 11 is 9.44. The Morgan fingerprint density at radius 1 is 1.32 bits per heavy atom. The van der Waals surface area contributed by atoms with Gasteiger partial charge in [-0.25, -0.2) is 4.98 Å². The van der Waals surface area contributed by atoms with Gasteiger partial charge in [-0.2, -0.15) is 0 Å². The lowest BCUT2D eigenvalue weighted by molar-refractivity contribution is 0.0992. The van der Waals surface area contributed by atoms with E-state index in [-0.39, 0.29) is 6.61 Å². The van der Waals surface area contributed by atoms with Crippen molar-refractivity contribution in [1.29, 1.82) is 0 Å². The Kier molecular flexibility index (Phi) is 5.39. The molecule has 0 atom stereocenters. The van der Waals surface area contributed by atoms with Gasteiger partial charge in [0.25, 0.3) is 0 Å². The molecule has 4 nitrogen and oxygen atoms in total. The molecular formula is C13H14BrClN2O2. The van der Waals surface area contributed by atoms with Crippen LogP contribution in [0.15, 0.2) is 28.7 Å². The third-order valence-corrected chi connectivity index (χ3v) is 3.22. The van der Waals surface area contributed by atoms with Crippen LogP contribution in [-0.4, -0.2) is 36.5 Å². The molecule has 6 heteroatoms. The molecule has 0 bridgehead atoms. The number of hydrogen-bond acceptors (Lipinski definition) is 4. The van der Waals surface area contributed by atoms with E-state index >= 15 is 0 Å². The van der Waals surface area contributed by atoms with Gasteiger partial charge in [0, 0.05) is 16.4 Å². The first-order valence-electron chi connectivity index (χ1n) is 5.89. The minimum Gasteiger partial charge on any atom is -0.394 e. The Bertz CT molecular complexity index is 560. The molecule has 0 saturated carbocycles. The predicted octanol–water partition coefficient (Wildman–Crippen LogP) is 3.07. The van der Waals surface area contributed by atoms with Gasteiger partial charge in [0.05, 0.1) is 19.8 Å². The number of rotatable bonds is 6. The largest absolute Gasteiger partial charge is 0.394 e. The summed E-state index contributed by atoms with van der Waals surface area (Å²) in [5.41, 5.74) is 0. The first-order chi connectivity index (χ1) is 9.20. The van der Waals surface area contributed by atoms with Crippen molar-refractivity contribution in [3.63, 3.8) is 0 Å². The average Bonchev–Trinajstić information content (AvgIpc) is 2.37. The van der Waals surface area contributed by atoms with Gasteiger partial charge in [-0.05, 0) is 29.7 Å². The maximum Gasteiger partial charge on any atom is 0.135 e. The quantitative estimate of drug-likeness (QED) is 0.624. The van der Waals surface area contributed by atoms with E-state index < -0.39 is 0 Å². The van der Waals surface area contributed by atoms with E-state index in [1.807, 2.05) is 24.3 Å². The lowest BCUT2D eigenvalue weighted by Crippen LogP contribution is -2.12. The van der Waals surface area contributed by atoms with Gasteiger partial charge in [0.1, 0.15) is 11.0 Å². The third-order valence-electron chi connectivity index (χ3n) is 2.54. The van der Waals surface area contributed by atoms with Crippen LogP contribution in [0.5, 0.6) is 0 Å². The monoisotopic (exact) mass is 344 g/mol. The van der Waals surface area contributed by atoms with Crippen molar-refractivity contribution in [2.75, 3.05) is 31.7 Å². The van der Waals surface area contributed by atoms with Crippen LogP contribution in [0.3, 0.4) is 0 Å². The van der Waals surface area contributed by atoms with Gasteiger partial charge in [0.15, 0.2) is 0 Å². The molecule has 1 heterocycles. The van der Waals surface area contributed by atoms with E-state index in [1.165, 1.54) is 0 Å². The van der Waals surface area contributed by atoms with Gasteiger partial charge < -0.3 is 15.2 Å². The van der Waals surface area contributed by atoms with Crippen LogP contribution in [0.25, 0.3) is 10.8 Å². The summed E-state index contributed by atoms with van der Waals surface area (Å²) < 4.78 is 6.18. The topological polar surface area (TPSA) is 54.4 Å². The van der Waals surface area contributed by atoms with Gasteiger partial charge >= 0.3 is 0 Å². The first kappa shape index (κ1) is 14.5. The van der Waals surface area contributed by atoms with Crippen molar-refractivity contribution in [3.05, 3.63) is 33.9 Å². The predicted molar refractivity (Wildman–Crippen MR) is 80.8 cm³/mol. The summed E-state index contributed by atoms with van der Waals surface area (Å²) in [6.45, 7) is 1.50. The summed E-state index contributed by atoms with van der Waals surface area (Å²) in [6, 6.07) is 7.77. The molecule has 0 aliphatic carbocycles. The molecule has 0 aliphatic heterocycles. The van der Waals surface area contributed by atoms with Crippen LogP contribution in [0.2, 0.25) is 5.15 Å². The molecular weight excluding hydrogens is 332 g/mol. The number of aromatic nitrogens is 1. The zero-order chi connectivity index (χ0) is 13.7. The van der Waals surface area contributed by atoms with Gasteiger partial charge in [-0.1, -0.05) is 27.5 Å². The van der Waals surface area contributed by atoms with E-state index in [0.717, 1.165) is 21.1 Å². The lowest BCUT2D eigenvalue weighted by atomic mass is 10.1. The van der Waals surface area contributed by atoms with Crippen LogP contribution in [0, 0.1) is 0 Å². The van der Waals surface area contributed by atoms with Crippen molar-refractivity contribution in [2.45, 2.75) is 0 Å². The number of benzene rings is 1.